The van der Waals surface area contributed by atoms with E-state index in [4.69, 9.17) is 33.0 Å². The number of fused-ring (bicyclic) bond motifs is 2. The van der Waals surface area contributed by atoms with Crippen molar-refractivity contribution in [1.29, 1.82) is 0 Å². The summed E-state index contributed by atoms with van der Waals surface area (Å²) >= 11 is 12.6. The third-order valence-electron chi connectivity index (χ3n) is 7.17. The van der Waals surface area contributed by atoms with Crippen molar-refractivity contribution in [2.75, 3.05) is 17.3 Å². The minimum atomic E-state index is -1.16. The van der Waals surface area contributed by atoms with Crippen LogP contribution in [0.4, 0.5) is 22.4 Å². The van der Waals surface area contributed by atoms with Crippen molar-refractivity contribution in [3.8, 4) is 0 Å². The fourth-order valence-corrected chi connectivity index (χ4v) is 5.53. The predicted molar refractivity (Wildman–Crippen MR) is 165 cm³/mol. The Labute approximate surface area is 262 Å². The van der Waals surface area contributed by atoms with E-state index in [1.54, 1.807) is 64.2 Å². The first-order valence-electron chi connectivity index (χ1n) is 13.7. The maximum absolute atomic E-state index is 13.9. The number of rotatable bonds is 7. The normalized spacial score (nSPS) is 15.1. The zero-order valence-electron chi connectivity index (χ0n) is 24.6. The maximum atomic E-state index is 13.9. The molecule has 1 aromatic carbocycles. The van der Waals surface area contributed by atoms with E-state index < -0.39 is 35.3 Å². The van der Waals surface area contributed by atoms with Gasteiger partial charge in [-0.1, -0.05) is 29.3 Å². The first-order chi connectivity index (χ1) is 20.7. The van der Waals surface area contributed by atoms with Crippen LogP contribution in [0, 0.1) is 5.92 Å². The largest absolute Gasteiger partial charge is 0.481 e. The molecule has 1 atom stereocenters. The summed E-state index contributed by atoms with van der Waals surface area (Å²) in [4.78, 5) is 62.1. The summed E-state index contributed by atoms with van der Waals surface area (Å²) in [5.74, 6) is -2.36. The Morgan fingerprint density at radius 1 is 1.07 bits per heavy atom. The number of carboxylic acid groups (broad SMARTS) is 1. The Hall–Kier alpha value is -4.42. The van der Waals surface area contributed by atoms with Crippen molar-refractivity contribution in [2.24, 2.45) is 13.0 Å². The van der Waals surface area contributed by atoms with Crippen molar-refractivity contribution < 1.29 is 29.0 Å². The summed E-state index contributed by atoms with van der Waals surface area (Å²) in [5.41, 5.74) is 0.686. The van der Waals surface area contributed by atoms with Gasteiger partial charge in [0.15, 0.2) is 11.6 Å². The molecule has 1 aliphatic rings. The number of carboxylic acids is 1. The molecule has 44 heavy (non-hydrogen) atoms. The predicted octanol–water partition coefficient (Wildman–Crippen LogP) is 5.64. The lowest BCUT2D eigenvalue weighted by atomic mass is 9.91. The molecular weight excluding hydrogens is 611 g/mol. The fourth-order valence-electron chi connectivity index (χ4n) is 5.10. The molecule has 2 N–H and O–H groups in total. The Bertz CT molecular complexity index is 1840. The molecule has 230 valence electrons. The minimum absolute atomic E-state index is 0.0919. The van der Waals surface area contributed by atoms with Crippen molar-refractivity contribution in [3.05, 3.63) is 63.5 Å². The zero-order valence-corrected chi connectivity index (χ0v) is 26.2. The molecule has 0 radical (unpaired) electrons. The first-order valence-corrected chi connectivity index (χ1v) is 14.5. The highest BCUT2D eigenvalue weighted by molar-refractivity contribution is 6.35. The summed E-state index contributed by atoms with van der Waals surface area (Å²) in [6.45, 7) is 5.25. The molecule has 0 aliphatic carbocycles. The Kier molecular flexibility index (Phi) is 8.17. The van der Waals surface area contributed by atoms with E-state index in [0.29, 0.717) is 38.2 Å². The number of anilines is 3. The molecular formula is C30H30Cl2N6O6. The molecule has 14 heteroatoms. The van der Waals surface area contributed by atoms with Crippen molar-refractivity contribution >= 4 is 75.4 Å². The van der Waals surface area contributed by atoms with Crippen LogP contribution < -0.4 is 10.2 Å². The van der Waals surface area contributed by atoms with E-state index in [9.17, 15) is 19.2 Å². The summed E-state index contributed by atoms with van der Waals surface area (Å²) in [6, 6.07) is 10.0. The van der Waals surface area contributed by atoms with Crippen LogP contribution in [0.2, 0.25) is 10.0 Å². The molecule has 5 rings (SSSR count). The molecule has 0 fully saturated rings. The number of hydrogen-bond acceptors (Lipinski definition) is 8. The molecule has 0 saturated carbocycles. The second kappa shape index (κ2) is 11.6. The number of amides is 1. The molecule has 1 unspecified atom stereocenters. The fraction of sp³-hybridized carbons (Fsp3) is 0.333. The second-order valence-corrected chi connectivity index (χ2v) is 12.3. The van der Waals surface area contributed by atoms with Crippen LogP contribution >= 0.6 is 23.2 Å². The van der Waals surface area contributed by atoms with E-state index in [2.05, 4.69) is 15.3 Å². The lowest BCUT2D eigenvalue weighted by Gasteiger charge is -2.28. The van der Waals surface area contributed by atoms with Crippen LogP contribution in [-0.2, 0) is 34.2 Å². The highest BCUT2D eigenvalue weighted by atomic mass is 35.5. The molecule has 0 bridgehead atoms. The highest BCUT2D eigenvalue weighted by Crippen LogP contribution is 2.35. The Morgan fingerprint density at radius 3 is 2.48 bits per heavy atom. The van der Waals surface area contributed by atoms with Crippen molar-refractivity contribution in [3.63, 3.8) is 0 Å². The average Bonchev–Trinajstić information content (AvgIpc) is 3.47. The molecule has 1 aliphatic heterocycles. The number of hydrogen-bond donors (Lipinski definition) is 2. The van der Waals surface area contributed by atoms with E-state index >= 15 is 0 Å². The first kappa shape index (κ1) is 31.0. The topological polar surface area (TPSA) is 149 Å². The van der Waals surface area contributed by atoms with E-state index in [-0.39, 0.29) is 36.7 Å². The van der Waals surface area contributed by atoms with Gasteiger partial charge >= 0.3 is 12.1 Å². The third kappa shape index (κ3) is 5.87. The Morgan fingerprint density at radius 2 is 1.80 bits per heavy atom. The minimum Gasteiger partial charge on any atom is -0.481 e. The van der Waals surface area contributed by atoms with Crippen LogP contribution in [0.25, 0.3) is 10.9 Å². The number of aromatic nitrogens is 4. The molecule has 0 spiro atoms. The van der Waals surface area contributed by atoms with Gasteiger partial charge in [0, 0.05) is 43.0 Å². The maximum Gasteiger partial charge on any atom is 0.419 e. The lowest BCUT2D eigenvalue weighted by molar-refractivity contribution is -0.137. The van der Waals surface area contributed by atoms with Gasteiger partial charge in [-0.05, 0) is 51.1 Å². The van der Waals surface area contributed by atoms with Crippen molar-refractivity contribution in [2.45, 2.75) is 45.6 Å². The summed E-state index contributed by atoms with van der Waals surface area (Å²) in [7, 11) is 3.16. The summed E-state index contributed by atoms with van der Waals surface area (Å²) in [5, 5.41) is 13.4. The smallest absolute Gasteiger partial charge is 0.419 e. The number of ether oxygens (including phenoxy) is 1. The molecule has 3 aromatic heterocycles. The van der Waals surface area contributed by atoms with Gasteiger partial charge < -0.3 is 19.7 Å². The van der Waals surface area contributed by atoms with Gasteiger partial charge in [-0.15, -0.1) is 0 Å². The number of imidazole rings is 1. The van der Waals surface area contributed by atoms with Crippen LogP contribution in [0.1, 0.15) is 49.1 Å². The van der Waals surface area contributed by atoms with Gasteiger partial charge in [0.05, 0.1) is 22.7 Å². The number of carbonyl (C=O) groups excluding carboxylic acids is 3. The summed E-state index contributed by atoms with van der Waals surface area (Å²) < 4.78 is 8.53. The standard InChI is InChI=1S/C30H30Cl2N6O6/c1-30(2,3)44-29(43)38-15(13-16-18(31)7-6-8-21(16)38)14-17-25(41)24-26(37(5)27(17)42)35-28(36(24)4)34-22-11-9-19(32)20(33-22)10-12-23(39)40/h6-9,11,13,17H,10,12,14H2,1-5H3,(H,39,40)(H,33,34,35). The van der Waals surface area contributed by atoms with E-state index in [1.165, 1.54) is 21.1 Å². The number of ketones is 1. The van der Waals surface area contributed by atoms with Gasteiger partial charge in [0.25, 0.3) is 0 Å². The molecule has 4 heterocycles. The van der Waals surface area contributed by atoms with Crippen LogP contribution in [0.3, 0.4) is 0 Å². The van der Waals surface area contributed by atoms with Gasteiger partial charge in [-0.2, -0.15) is 4.98 Å². The molecule has 4 aromatic rings. The monoisotopic (exact) mass is 640 g/mol. The molecule has 1 amide bonds. The number of halogens is 2. The molecule has 0 saturated heterocycles. The average molecular weight is 642 g/mol. The number of nitrogens with zero attached hydrogens (tertiary/aromatic N) is 5. The number of pyridine rings is 1. The lowest BCUT2D eigenvalue weighted by Crippen LogP contribution is -2.44. The number of carbonyl (C=O) groups is 4. The number of aliphatic carboxylic acids is 1. The van der Waals surface area contributed by atoms with E-state index in [1.807, 2.05) is 0 Å². The SMILES string of the molecule is CN1C(=O)C(Cc2cc3c(Cl)cccc3n2C(=O)OC(C)(C)C)C(=O)c2c1nc(Nc1ccc(Cl)c(CCC(=O)O)n1)n2C. The van der Waals surface area contributed by atoms with Gasteiger partial charge in [0.2, 0.25) is 11.9 Å². The van der Waals surface area contributed by atoms with Crippen LogP contribution in [-0.4, -0.2) is 60.6 Å². The number of aryl methyl sites for hydroxylation is 1. The van der Waals surface area contributed by atoms with Crippen molar-refractivity contribution in [1.82, 2.24) is 19.1 Å². The quantitative estimate of drug-likeness (QED) is 0.245. The summed E-state index contributed by atoms with van der Waals surface area (Å²) in [6.07, 6.45) is -0.761. The number of Topliss-reactive ketones (excluding diaryl/α,β-unsaturated/α-hetero) is 1. The van der Waals surface area contributed by atoms with Crippen LogP contribution in [0.5, 0.6) is 0 Å². The van der Waals surface area contributed by atoms with Gasteiger partial charge in [-0.3, -0.25) is 19.3 Å². The second-order valence-electron chi connectivity index (χ2n) is 11.5. The van der Waals surface area contributed by atoms with Gasteiger partial charge in [0.1, 0.15) is 23.0 Å². The van der Waals surface area contributed by atoms with E-state index in [0.717, 1.165) is 0 Å². The number of nitrogens with one attached hydrogen (secondary N) is 1. The zero-order chi connectivity index (χ0) is 32.1. The van der Waals surface area contributed by atoms with Gasteiger partial charge in [-0.25, -0.2) is 14.3 Å². The Balaban J connectivity index is 1.49. The molecule has 12 nitrogen and oxygen atoms in total. The van der Waals surface area contributed by atoms with Crippen LogP contribution in [0.15, 0.2) is 36.4 Å². The number of benzene rings is 1. The highest BCUT2D eigenvalue weighted by Gasteiger charge is 2.42. The third-order valence-corrected chi connectivity index (χ3v) is 7.84.